The quantitative estimate of drug-likeness (QED) is 0.151. The third kappa shape index (κ3) is 9.86. The molecule has 5 rings (SSSR count). The van der Waals surface area contributed by atoms with Crippen molar-refractivity contribution in [2.45, 2.75) is 65.0 Å². The number of aryl methyl sites for hydroxylation is 2. The molecule has 4 bridgehead atoms. The summed E-state index contributed by atoms with van der Waals surface area (Å²) in [5, 5.41) is 7.23. The van der Waals surface area contributed by atoms with E-state index < -0.39 is 41.5 Å². The van der Waals surface area contributed by atoms with Gasteiger partial charge in [0, 0.05) is 61.5 Å². The summed E-state index contributed by atoms with van der Waals surface area (Å²) < 4.78 is 12.3. The van der Waals surface area contributed by atoms with E-state index in [9.17, 15) is 24.0 Å². The molecule has 2 aliphatic rings. The Hall–Kier alpha value is -5.44. The molecule has 0 radical (unpaired) electrons. The SMILES string of the molecule is Cc1ccc(C(=O)C[C@@H](CCN)C(=O)N(C)[C@@H]2C(=O)C[C@@H](C)C(=O)N[C@H](C3=NNC(=O)C3)Cc3ccc(OCCN)c(c3)-c3cc2ccc3OCCN)c(C)c1. The number of carbonyl (C=O) groups is 5. The Morgan fingerprint density at radius 2 is 1.57 bits per heavy atom. The highest BCUT2D eigenvalue weighted by Gasteiger charge is 2.36. The molecule has 2 aliphatic heterocycles. The summed E-state index contributed by atoms with van der Waals surface area (Å²) in [4.78, 5) is 70.1. The zero-order chi connectivity index (χ0) is 40.5. The second-order valence-corrected chi connectivity index (χ2v) is 14.6. The lowest BCUT2D eigenvalue weighted by atomic mass is 9.88. The van der Waals surface area contributed by atoms with E-state index in [2.05, 4.69) is 15.8 Å². The van der Waals surface area contributed by atoms with E-state index in [0.29, 0.717) is 39.5 Å². The van der Waals surface area contributed by atoms with Gasteiger partial charge < -0.3 is 36.9 Å². The van der Waals surface area contributed by atoms with Crippen molar-refractivity contribution in [1.29, 1.82) is 0 Å². The molecule has 14 heteroatoms. The summed E-state index contributed by atoms with van der Waals surface area (Å²) in [5.74, 6) is -2.40. The van der Waals surface area contributed by atoms with Crippen molar-refractivity contribution in [3.8, 4) is 22.6 Å². The maximum atomic E-state index is 14.6. The van der Waals surface area contributed by atoms with Crippen molar-refractivity contribution in [1.82, 2.24) is 15.6 Å². The molecule has 3 aromatic rings. The van der Waals surface area contributed by atoms with Gasteiger partial charge in [0.25, 0.3) is 0 Å². The number of ether oxygens (including phenoxy) is 2. The highest BCUT2D eigenvalue weighted by molar-refractivity contribution is 6.08. The molecule has 3 aromatic carbocycles. The third-order valence-electron chi connectivity index (χ3n) is 10.2. The molecule has 0 aliphatic carbocycles. The van der Waals surface area contributed by atoms with Gasteiger partial charge in [-0.3, -0.25) is 24.0 Å². The molecule has 0 fully saturated rings. The summed E-state index contributed by atoms with van der Waals surface area (Å²) in [7, 11) is 1.54. The lowest BCUT2D eigenvalue weighted by molar-refractivity contribution is -0.142. The van der Waals surface area contributed by atoms with Crippen molar-refractivity contribution >= 4 is 35.0 Å². The van der Waals surface area contributed by atoms with Crippen LogP contribution in [0.5, 0.6) is 11.5 Å². The van der Waals surface area contributed by atoms with E-state index >= 15 is 0 Å². The number of carbonyl (C=O) groups excluding carboxylic acids is 5. The van der Waals surface area contributed by atoms with Crippen LogP contribution in [0.15, 0.2) is 59.7 Å². The Morgan fingerprint density at radius 3 is 2.20 bits per heavy atom. The van der Waals surface area contributed by atoms with Gasteiger partial charge in [-0.05, 0) is 74.2 Å². The molecular formula is C42H53N7O7. The number of likely N-dealkylation sites (N-methyl/N-ethyl adjacent to an activating group) is 1. The third-order valence-corrected chi connectivity index (χ3v) is 10.2. The molecule has 0 spiro atoms. The van der Waals surface area contributed by atoms with E-state index in [1.165, 1.54) is 11.9 Å². The minimum atomic E-state index is -1.16. The Kier molecular flexibility index (Phi) is 14.1. The number of amides is 3. The number of hydrogen-bond acceptors (Lipinski definition) is 11. The van der Waals surface area contributed by atoms with E-state index in [1.807, 2.05) is 38.1 Å². The second-order valence-electron chi connectivity index (χ2n) is 14.6. The van der Waals surface area contributed by atoms with Crippen LogP contribution < -0.4 is 37.4 Å². The maximum Gasteiger partial charge on any atom is 0.245 e. The van der Waals surface area contributed by atoms with Crippen LogP contribution in [0.2, 0.25) is 0 Å². The van der Waals surface area contributed by atoms with Gasteiger partial charge in [0.15, 0.2) is 11.6 Å². The smallest absolute Gasteiger partial charge is 0.245 e. The number of fused-ring (bicyclic) bond motifs is 5. The predicted octanol–water partition coefficient (Wildman–Crippen LogP) is 2.90. The minimum Gasteiger partial charge on any atom is -0.492 e. The van der Waals surface area contributed by atoms with E-state index in [-0.39, 0.29) is 76.6 Å². The number of hydrogen-bond donors (Lipinski definition) is 5. The Balaban J connectivity index is 1.63. The largest absolute Gasteiger partial charge is 0.492 e. The summed E-state index contributed by atoms with van der Waals surface area (Å²) in [5.41, 5.74) is 25.4. The zero-order valence-corrected chi connectivity index (χ0v) is 32.6. The normalized spacial score (nSPS) is 18.9. The highest BCUT2D eigenvalue weighted by atomic mass is 16.5. The highest BCUT2D eigenvalue weighted by Crippen LogP contribution is 2.41. The number of benzene rings is 3. The Bertz CT molecular complexity index is 2000. The van der Waals surface area contributed by atoms with Gasteiger partial charge in [0.2, 0.25) is 17.7 Å². The van der Waals surface area contributed by atoms with E-state index in [1.54, 1.807) is 37.3 Å². The van der Waals surface area contributed by atoms with Crippen LogP contribution in [0, 0.1) is 25.7 Å². The van der Waals surface area contributed by atoms with E-state index in [4.69, 9.17) is 26.7 Å². The van der Waals surface area contributed by atoms with Crippen molar-refractivity contribution in [2.24, 2.45) is 34.1 Å². The minimum absolute atomic E-state index is 0.00681. The summed E-state index contributed by atoms with van der Waals surface area (Å²) >= 11 is 0. The molecule has 3 amide bonds. The molecule has 14 nitrogen and oxygen atoms in total. The Labute approximate surface area is 327 Å². The van der Waals surface area contributed by atoms with Crippen molar-refractivity contribution < 1.29 is 33.4 Å². The van der Waals surface area contributed by atoms with Gasteiger partial charge >= 0.3 is 0 Å². The molecule has 298 valence electrons. The predicted molar refractivity (Wildman–Crippen MR) is 213 cm³/mol. The monoisotopic (exact) mass is 767 g/mol. The number of nitrogens with two attached hydrogens (primary N) is 3. The van der Waals surface area contributed by atoms with Crippen LogP contribution in [-0.2, 0) is 25.6 Å². The molecule has 4 atom stereocenters. The van der Waals surface area contributed by atoms with Crippen LogP contribution in [0.1, 0.15) is 71.3 Å². The fourth-order valence-electron chi connectivity index (χ4n) is 7.33. The first kappa shape index (κ1) is 41.7. The molecule has 2 heterocycles. The van der Waals surface area contributed by atoms with Crippen molar-refractivity contribution in [3.05, 3.63) is 82.4 Å². The van der Waals surface area contributed by atoms with Crippen LogP contribution in [0.4, 0.5) is 0 Å². The first-order valence-corrected chi connectivity index (χ1v) is 19.0. The van der Waals surface area contributed by atoms with Crippen molar-refractivity contribution in [3.63, 3.8) is 0 Å². The number of nitrogens with zero attached hydrogens (tertiary/aromatic N) is 2. The molecule has 0 unspecified atom stereocenters. The number of nitrogens with one attached hydrogen (secondary N) is 2. The maximum absolute atomic E-state index is 14.6. The van der Waals surface area contributed by atoms with Crippen LogP contribution in [0.25, 0.3) is 11.1 Å². The van der Waals surface area contributed by atoms with Crippen molar-refractivity contribution in [2.75, 3.05) is 39.9 Å². The van der Waals surface area contributed by atoms with E-state index in [0.717, 1.165) is 16.7 Å². The summed E-state index contributed by atoms with van der Waals surface area (Å²) in [6.45, 7) is 6.51. The first-order valence-electron chi connectivity index (χ1n) is 19.0. The van der Waals surface area contributed by atoms with Gasteiger partial charge in [-0.2, -0.15) is 5.10 Å². The fourth-order valence-corrected chi connectivity index (χ4v) is 7.33. The van der Waals surface area contributed by atoms with Gasteiger partial charge in [-0.1, -0.05) is 42.8 Å². The fraction of sp³-hybridized carbons (Fsp3) is 0.429. The topological polar surface area (TPSA) is 222 Å². The first-order chi connectivity index (χ1) is 26.8. The van der Waals surface area contributed by atoms with Crippen LogP contribution >= 0.6 is 0 Å². The standard InChI is InChI=1S/C42H53N7O7/c1-24-5-8-30(25(2)17-24)35(50)22-29(11-12-43)42(54)49(4)40-28-7-10-38(56-16-14-45)32(21-28)31-19-27(6-9-37(31)55-15-13-44)20-33(34-23-39(52)48-47-34)46-41(53)26(3)18-36(40)51/h5-10,17,19,21,26,29,33,40H,11-16,18,20,22-23,43-45H2,1-4H3,(H,46,53)(H,48,52)/t26-,29-,33+,40+/m1/s1. The molecule has 0 saturated carbocycles. The number of ketones is 2. The Morgan fingerprint density at radius 1 is 0.893 bits per heavy atom. The molecule has 0 saturated heterocycles. The van der Waals surface area contributed by atoms with Gasteiger partial charge in [0.1, 0.15) is 30.8 Å². The lowest BCUT2D eigenvalue weighted by Crippen LogP contribution is -2.45. The molecule has 0 aromatic heterocycles. The van der Waals surface area contributed by atoms with Crippen LogP contribution in [0.3, 0.4) is 0 Å². The molecule has 56 heavy (non-hydrogen) atoms. The lowest BCUT2D eigenvalue weighted by Gasteiger charge is -2.32. The number of Topliss-reactive ketones (excluding diaryl/α,β-unsaturated/α-hetero) is 2. The second kappa shape index (κ2) is 18.9. The number of rotatable bonds is 14. The average Bonchev–Trinajstić information content (AvgIpc) is 3.61. The number of hydrazone groups is 1. The molecule has 8 N–H and O–H groups in total. The summed E-state index contributed by atoms with van der Waals surface area (Å²) in [6, 6.07) is 14.5. The van der Waals surface area contributed by atoms with Crippen LogP contribution in [-0.4, -0.2) is 85.8 Å². The van der Waals surface area contributed by atoms with Gasteiger partial charge in [0.05, 0.1) is 18.2 Å². The zero-order valence-electron chi connectivity index (χ0n) is 32.6. The summed E-state index contributed by atoms with van der Waals surface area (Å²) in [6.07, 6.45) is 0.190. The average molecular weight is 768 g/mol. The molecular weight excluding hydrogens is 715 g/mol. The van der Waals surface area contributed by atoms with Gasteiger partial charge in [-0.25, -0.2) is 5.43 Å². The van der Waals surface area contributed by atoms with Gasteiger partial charge in [-0.15, -0.1) is 0 Å².